The van der Waals surface area contributed by atoms with Crippen LogP contribution < -0.4 is 10.1 Å². The van der Waals surface area contributed by atoms with Crippen molar-refractivity contribution in [2.24, 2.45) is 0 Å². The molecule has 0 saturated carbocycles. The van der Waals surface area contributed by atoms with Crippen molar-refractivity contribution >= 4 is 5.97 Å². The summed E-state index contributed by atoms with van der Waals surface area (Å²) in [7, 11) is 0. The van der Waals surface area contributed by atoms with Gasteiger partial charge in [0.25, 0.3) is 0 Å². The molecule has 134 valence electrons. The molecule has 0 spiro atoms. The molecular weight excluding hydrogens is 326 g/mol. The lowest BCUT2D eigenvalue weighted by atomic mass is 9.78. The van der Waals surface area contributed by atoms with Gasteiger partial charge < -0.3 is 14.8 Å². The van der Waals surface area contributed by atoms with Gasteiger partial charge in [-0.15, -0.1) is 0 Å². The molecule has 2 aromatic rings. The van der Waals surface area contributed by atoms with E-state index in [-0.39, 0.29) is 11.9 Å². The van der Waals surface area contributed by atoms with E-state index in [0.717, 1.165) is 22.6 Å². The van der Waals surface area contributed by atoms with Crippen molar-refractivity contribution < 1.29 is 14.3 Å². The van der Waals surface area contributed by atoms with E-state index in [2.05, 4.69) is 5.32 Å². The van der Waals surface area contributed by atoms with Gasteiger partial charge in [-0.05, 0) is 25.5 Å². The molecule has 2 unspecified atom stereocenters. The van der Waals surface area contributed by atoms with Gasteiger partial charge in [-0.1, -0.05) is 48.5 Å². The van der Waals surface area contributed by atoms with Crippen LogP contribution in [0.3, 0.4) is 0 Å². The Hall–Kier alpha value is -2.75. The number of para-hydroxylation sites is 1. The summed E-state index contributed by atoms with van der Waals surface area (Å²) in [6, 6.07) is 18.0. The van der Waals surface area contributed by atoms with Crippen LogP contribution in [0, 0.1) is 0 Å². The Kier molecular flexibility index (Phi) is 4.19. The molecule has 0 fully saturated rings. The molecule has 2 aliphatic heterocycles. The number of rotatable bonds is 4. The predicted octanol–water partition coefficient (Wildman–Crippen LogP) is 3.93. The van der Waals surface area contributed by atoms with E-state index >= 15 is 0 Å². The first-order valence-corrected chi connectivity index (χ1v) is 9.04. The van der Waals surface area contributed by atoms with E-state index in [1.54, 1.807) is 0 Å². The quantitative estimate of drug-likeness (QED) is 0.850. The molecule has 4 nitrogen and oxygen atoms in total. The second-order valence-electron chi connectivity index (χ2n) is 7.16. The monoisotopic (exact) mass is 349 g/mol. The van der Waals surface area contributed by atoms with Crippen LogP contribution in [0.1, 0.15) is 37.3 Å². The third-order valence-electron chi connectivity index (χ3n) is 5.11. The molecule has 4 rings (SSSR count). The molecule has 0 aliphatic carbocycles. The molecular formula is C22H23NO3. The van der Waals surface area contributed by atoms with Crippen LogP contribution in [-0.4, -0.2) is 18.3 Å². The van der Waals surface area contributed by atoms with E-state index in [4.69, 9.17) is 9.47 Å². The third kappa shape index (κ3) is 3.07. The summed E-state index contributed by atoms with van der Waals surface area (Å²) >= 11 is 0. The zero-order valence-electron chi connectivity index (χ0n) is 15.1. The van der Waals surface area contributed by atoms with Crippen LogP contribution >= 0.6 is 0 Å². The van der Waals surface area contributed by atoms with Crippen molar-refractivity contribution in [3.8, 4) is 5.75 Å². The van der Waals surface area contributed by atoms with Crippen molar-refractivity contribution in [3.05, 3.63) is 77.0 Å². The van der Waals surface area contributed by atoms with Crippen molar-refractivity contribution in [3.63, 3.8) is 0 Å². The molecule has 2 aromatic carbocycles. The number of carbonyl (C=O) groups is 1. The van der Waals surface area contributed by atoms with Crippen molar-refractivity contribution in [2.75, 3.05) is 6.61 Å². The topological polar surface area (TPSA) is 47.6 Å². The van der Waals surface area contributed by atoms with Gasteiger partial charge in [0.05, 0.1) is 12.2 Å². The Morgan fingerprint density at radius 1 is 1.19 bits per heavy atom. The van der Waals surface area contributed by atoms with Gasteiger partial charge in [-0.25, -0.2) is 4.79 Å². The summed E-state index contributed by atoms with van der Waals surface area (Å²) in [5, 5.41) is 3.36. The number of carbonyl (C=O) groups excluding carboxylic acids is 1. The number of allylic oxidation sites excluding steroid dienone is 1. The Labute approximate surface area is 153 Å². The SMILES string of the molecule is CC1=C(C(=O)OCCc2ccccc2)C2CC(C)(N1)Oc1ccccc12. The molecule has 1 N–H and O–H groups in total. The van der Waals surface area contributed by atoms with E-state index in [1.807, 2.05) is 68.4 Å². The maximum atomic E-state index is 12.9. The summed E-state index contributed by atoms with van der Waals surface area (Å²) in [6.45, 7) is 4.33. The number of hydrogen-bond donors (Lipinski definition) is 1. The van der Waals surface area contributed by atoms with Gasteiger partial charge in [-0.2, -0.15) is 0 Å². The highest BCUT2D eigenvalue weighted by Gasteiger charge is 2.45. The minimum atomic E-state index is -0.489. The first-order valence-electron chi connectivity index (χ1n) is 9.04. The van der Waals surface area contributed by atoms with Gasteiger partial charge in [0.1, 0.15) is 5.75 Å². The first kappa shape index (κ1) is 16.7. The van der Waals surface area contributed by atoms with Crippen LogP contribution in [0.25, 0.3) is 0 Å². The fraction of sp³-hybridized carbons (Fsp3) is 0.318. The average molecular weight is 349 g/mol. The predicted molar refractivity (Wildman–Crippen MR) is 99.8 cm³/mol. The number of fused-ring (bicyclic) bond motifs is 4. The van der Waals surface area contributed by atoms with Gasteiger partial charge in [0, 0.05) is 30.0 Å². The minimum absolute atomic E-state index is 0.00424. The Balaban J connectivity index is 1.54. The molecule has 2 aliphatic rings. The van der Waals surface area contributed by atoms with Crippen LogP contribution in [0.2, 0.25) is 0 Å². The standard InChI is InChI=1S/C22H23NO3/c1-15-20(21(24)25-13-12-16-8-4-3-5-9-16)18-14-22(2,23-15)26-19-11-7-6-10-17(18)19/h3-11,18,23H,12-14H2,1-2H3. The number of ether oxygens (including phenoxy) is 2. The maximum absolute atomic E-state index is 12.9. The number of nitrogens with one attached hydrogen (secondary N) is 1. The summed E-state index contributed by atoms with van der Waals surface area (Å²) in [6.07, 6.45) is 1.43. The van der Waals surface area contributed by atoms with Gasteiger partial charge in [0.15, 0.2) is 5.72 Å². The summed E-state index contributed by atoms with van der Waals surface area (Å²) in [5.41, 5.74) is 3.28. The molecule has 4 heteroatoms. The summed E-state index contributed by atoms with van der Waals surface area (Å²) < 4.78 is 11.7. The Morgan fingerprint density at radius 3 is 2.73 bits per heavy atom. The van der Waals surface area contributed by atoms with Crippen molar-refractivity contribution in [2.45, 2.75) is 38.3 Å². The molecule has 2 bridgehead atoms. The highest BCUT2D eigenvalue weighted by molar-refractivity contribution is 5.91. The van der Waals surface area contributed by atoms with E-state index in [9.17, 15) is 4.79 Å². The number of benzene rings is 2. The fourth-order valence-electron chi connectivity index (χ4n) is 3.98. The molecule has 0 radical (unpaired) electrons. The van der Waals surface area contributed by atoms with Crippen LogP contribution in [0.5, 0.6) is 5.75 Å². The lowest BCUT2D eigenvalue weighted by Crippen LogP contribution is -2.54. The Bertz CT molecular complexity index is 859. The molecule has 26 heavy (non-hydrogen) atoms. The molecule has 0 aromatic heterocycles. The zero-order valence-corrected chi connectivity index (χ0v) is 15.1. The smallest absolute Gasteiger partial charge is 0.336 e. The van der Waals surface area contributed by atoms with Gasteiger partial charge in [0.2, 0.25) is 0 Å². The van der Waals surface area contributed by atoms with Crippen LogP contribution in [-0.2, 0) is 16.0 Å². The van der Waals surface area contributed by atoms with Crippen molar-refractivity contribution in [1.29, 1.82) is 0 Å². The van der Waals surface area contributed by atoms with E-state index < -0.39 is 5.72 Å². The molecule has 2 heterocycles. The fourth-order valence-corrected chi connectivity index (χ4v) is 3.98. The molecule has 2 atom stereocenters. The molecule has 0 saturated heterocycles. The maximum Gasteiger partial charge on any atom is 0.336 e. The lowest BCUT2D eigenvalue weighted by Gasteiger charge is -2.45. The summed E-state index contributed by atoms with van der Waals surface area (Å²) in [4.78, 5) is 12.9. The highest BCUT2D eigenvalue weighted by atomic mass is 16.5. The van der Waals surface area contributed by atoms with Gasteiger partial charge >= 0.3 is 5.97 Å². The zero-order chi connectivity index (χ0) is 18.1. The van der Waals surface area contributed by atoms with Gasteiger partial charge in [-0.3, -0.25) is 0 Å². The average Bonchev–Trinajstić information content (AvgIpc) is 2.61. The van der Waals surface area contributed by atoms with Crippen LogP contribution in [0.15, 0.2) is 65.9 Å². The number of hydrogen-bond acceptors (Lipinski definition) is 4. The largest absolute Gasteiger partial charge is 0.468 e. The lowest BCUT2D eigenvalue weighted by molar-refractivity contribution is -0.140. The van der Waals surface area contributed by atoms with E-state index in [0.29, 0.717) is 25.0 Å². The summed E-state index contributed by atoms with van der Waals surface area (Å²) in [5.74, 6) is 0.589. The Morgan fingerprint density at radius 2 is 1.92 bits per heavy atom. The highest BCUT2D eigenvalue weighted by Crippen LogP contribution is 2.47. The third-order valence-corrected chi connectivity index (χ3v) is 5.11. The second-order valence-corrected chi connectivity index (χ2v) is 7.16. The van der Waals surface area contributed by atoms with E-state index in [1.165, 1.54) is 0 Å². The normalized spacial score (nSPS) is 23.5. The van der Waals surface area contributed by atoms with Crippen LogP contribution in [0.4, 0.5) is 0 Å². The number of esters is 1. The minimum Gasteiger partial charge on any atom is -0.468 e. The molecule has 0 amide bonds. The van der Waals surface area contributed by atoms with Crippen molar-refractivity contribution in [1.82, 2.24) is 5.32 Å². The second kappa shape index (κ2) is 6.52. The first-order chi connectivity index (χ1) is 12.6.